The predicted octanol–water partition coefficient (Wildman–Crippen LogP) is 0.874. The molecule has 1 N–H and O–H groups in total. The van der Waals surface area contributed by atoms with Gasteiger partial charge in [0.1, 0.15) is 0 Å². The second kappa shape index (κ2) is 6.54. The molecule has 0 atom stereocenters. The van der Waals surface area contributed by atoms with Crippen LogP contribution >= 0.6 is 0 Å². The first-order chi connectivity index (χ1) is 8.75. The van der Waals surface area contributed by atoms with Gasteiger partial charge in [-0.1, -0.05) is 0 Å². The number of aromatic nitrogens is 2. The van der Waals surface area contributed by atoms with Crippen molar-refractivity contribution >= 4 is 5.91 Å². The summed E-state index contributed by atoms with van der Waals surface area (Å²) in [5.41, 5.74) is 0. The van der Waals surface area contributed by atoms with Crippen LogP contribution in [0.1, 0.15) is 26.2 Å². The Hall–Kier alpha value is -1.36. The van der Waals surface area contributed by atoms with Crippen molar-refractivity contribution in [1.29, 1.82) is 0 Å². The minimum absolute atomic E-state index is 0.202. The minimum atomic E-state index is 0.202. The Morgan fingerprint density at radius 2 is 2.22 bits per heavy atom. The van der Waals surface area contributed by atoms with E-state index in [0.29, 0.717) is 6.04 Å². The van der Waals surface area contributed by atoms with Gasteiger partial charge in [-0.15, -0.1) is 0 Å². The van der Waals surface area contributed by atoms with E-state index >= 15 is 0 Å². The van der Waals surface area contributed by atoms with Crippen molar-refractivity contribution in [3.05, 3.63) is 18.7 Å². The van der Waals surface area contributed by atoms with Crippen molar-refractivity contribution in [2.45, 2.75) is 38.8 Å². The Bertz CT molecular complexity index is 355. The van der Waals surface area contributed by atoms with Gasteiger partial charge in [0.25, 0.3) is 0 Å². The number of carbonyl (C=O) groups is 1. The third kappa shape index (κ3) is 3.84. The molecule has 1 aliphatic heterocycles. The van der Waals surface area contributed by atoms with Crippen LogP contribution in [0.25, 0.3) is 0 Å². The van der Waals surface area contributed by atoms with Gasteiger partial charge < -0.3 is 14.8 Å². The van der Waals surface area contributed by atoms with E-state index < -0.39 is 0 Å². The van der Waals surface area contributed by atoms with Crippen LogP contribution in [0, 0.1) is 0 Å². The van der Waals surface area contributed by atoms with E-state index in [1.54, 1.807) is 6.92 Å². The highest BCUT2D eigenvalue weighted by Gasteiger charge is 2.19. The van der Waals surface area contributed by atoms with E-state index in [1.165, 1.54) is 0 Å². The van der Waals surface area contributed by atoms with Crippen molar-refractivity contribution in [2.75, 3.05) is 19.6 Å². The maximum atomic E-state index is 11.2. The Balaban J connectivity index is 1.57. The summed E-state index contributed by atoms with van der Waals surface area (Å²) in [4.78, 5) is 17.1. The second-order valence-corrected chi connectivity index (χ2v) is 4.89. The van der Waals surface area contributed by atoms with Crippen LogP contribution in [0.4, 0.5) is 0 Å². The number of likely N-dealkylation sites (tertiary alicyclic amines) is 1. The van der Waals surface area contributed by atoms with Crippen LogP contribution in [0.3, 0.4) is 0 Å². The fourth-order valence-corrected chi connectivity index (χ4v) is 2.39. The molecular formula is C13H22N4O. The van der Waals surface area contributed by atoms with Gasteiger partial charge in [-0.3, -0.25) is 4.79 Å². The molecule has 0 saturated carbocycles. The van der Waals surface area contributed by atoms with Crippen LogP contribution in [0.5, 0.6) is 0 Å². The highest BCUT2D eigenvalue weighted by atomic mass is 16.2. The molecule has 0 radical (unpaired) electrons. The van der Waals surface area contributed by atoms with Crippen LogP contribution < -0.4 is 5.32 Å². The number of nitrogens with zero attached hydrogens (tertiary/aromatic N) is 3. The summed E-state index contributed by atoms with van der Waals surface area (Å²) in [6, 6.07) is 0.573. The van der Waals surface area contributed by atoms with E-state index in [-0.39, 0.29) is 5.91 Å². The number of hydrogen-bond acceptors (Lipinski definition) is 3. The monoisotopic (exact) mass is 250 g/mol. The molecule has 1 aliphatic rings. The summed E-state index contributed by atoms with van der Waals surface area (Å²) in [5, 5.41) is 3.57. The molecule has 0 aromatic carbocycles. The molecule has 0 aliphatic carbocycles. The molecule has 1 amide bonds. The molecule has 0 bridgehead atoms. The third-order valence-electron chi connectivity index (χ3n) is 3.53. The summed E-state index contributed by atoms with van der Waals surface area (Å²) in [5.74, 6) is 0.202. The van der Waals surface area contributed by atoms with E-state index in [4.69, 9.17) is 0 Å². The van der Waals surface area contributed by atoms with Crippen LogP contribution in [-0.4, -0.2) is 46.0 Å². The highest BCUT2D eigenvalue weighted by Crippen LogP contribution is 2.10. The molecule has 1 fully saturated rings. The maximum absolute atomic E-state index is 11.2. The van der Waals surface area contributed by atoms with Crippen LogP contribution in [0.15, 0.2) is 18.7 Å². The highest BCUT2D eigenvalue weighted by molar-refractivity contribution is 5.73. The van der Waals surface area contributed by atoms with E-state index in [1.807, 2.05) is 23.6 Å². The number of amides is 1. The molecule has 2 heterocycles. The van der Waals surface area contributed by atoms with Gasteiger partial charge in [0, 0.05) is 45.0 Å². The molecule has 5 nitrogen and oxygen atoms in total. The SMILES string of the molecule is CC(=O)N1CCC(NCCCn2ccnc2)CC1. The molecule has 2 rings (SSSR count). The Morgan fingerprint density at radius 1 is 1.44 bits per heavy atom. The van der Waals surface area contributed by atoms with Gasteiger partial charge in [0.2, 0.25) is 5.91 Å². The third-order valence-corrected chi connectivity index (χ3v) is 3.53. The lowest BCUT2D eigenvalue weighted by Gasteiger charge is -2.31. The first-order valence-corrected chi connectivity index (χ1v) is 6.70. The van der Waals surface area contributed by atoms with E-state index in [0.717, 1.165) is 45.4 Å². The zero-order chi connectivity index (χ0) is 12.8. The maximum Gasteiger partial charge on any atom is 0.219 e. The molecule has 1 saturated heterocycles. The number of piperidine rings is 1. The molecule has 1 aromatic rings. The number of hydrogen-bond donors (Lipinski definition) is 1. The second-order valence-electron chi connectivity index (χ2n) is 4.89. The number of aryl methyl sites for hydroxylation is 1. The predicted molar refractivity (Wildman–Crippen MR) is 70.1 cm³/mol. The Morgan fingerprint density at radius 3 is 2.83 bits per heavy atom. The van der Waals surface area contributed by atoms with Gasteiger partial charge in [-0.25, -0.2) is 4.98 Å². The topological polar surface area (TPSA) is 50.2 Å². The normalized spacial score (nSPS) is 17.1. The lowest BCUT2D eigenvalue weighted by atomic mass is 10.1. The van der Waals surface area contributed by atoms with Crippen LogP contribution in [-0.2, 0) is 11.3 Å². The first-order valence-electron chi connectivity index (χ1n) is 6.70. The van der Waals surface area contributed by atoms with Crippen LogP contribution in [0.2, 0.25) is 0 Å². The van der Waals surface area contributed by atoms with Gasteiger partial charge in [0.05, 0.1) is 6.33 Å². The molecule has 0 unspecified atom stereocenters. The summed E-state index contributed by atoms with van der Waals surface area (Å²) in [7, 11) is 0. The number of imidazole rings is 1. The first kappa shape index (κ1) is 13.1. The fourth-order valence-electron chi connectivity index (χ4n) is 2.39. The lowest BCUT2D eigenvalue weighted by Crippen LogP contribution is -2.44. The molecule has 100 valence electrons. The van der Waals surface area contributed by atoms with Crippen molar-refractivity contribution < 1.29 is 4.79 Å². The quantitative estimate of drug-likeness (QED) is 0.789. The van der Waals surface area contributed by atoms with Gasteiger partial charge in [-0.2, -0.15) is 0 Å². The molecule has 0 spiro atoms. The zero-order valence-corrected chi connectivity index (χ0v) is 11.0. The van der Waals surface area contributed by atoms with Crippen molar-refractivity contribution in [1.82, 2.24) is 19.8 Å². The molecule has 1 aromatic heterocycles. The summed E-state index contributed by atoms with van der Waals surface area (Å²) >= 11 is 0. The van der Waals surface area contributed by atoms with Crippen molar-refractivity contribution in [3.8, 4) is 0 Å². The largest absolute Gasteiger partial charge is 0.343 e. The summed E-state index contributed by atoms with van der Waals surface area (Å²) in [6.07, 6.45) is 8.92. The van der Waals surface area contributed by atoms with E-state index in [2.05, 4.69) is 14.9 Å². The number of rotatable bonds is 5. The van der Waals surface area contributed by atoms with Gasteiger partial charge >= 0.3 is 0 Å². The Kier molecular flexibility index (Phi) is 4.75. The van der Waals surface area contributed by atoms with Gasteiger partial charge in [0.15, 0.2) is 0 Å². The number of carbonyl (C=O) groups excluding carboxylic acids is 1. The fraction of sp³-hybridized carbons (Fsp3) is 0.692. The number of nitrogens with one attached hydrogen (secondary N) is 1. The van der Waals surface area contributed by atoms with Gasteiger partial charge in [-0.05, 0) is 25.8 Å². The molecule has 18 heavy (non-hydrogen) atoms. The van der Waals surface area contributed by atoms with Crippen molar-refractivity contribution in [3.63, 3.8) is 0 Å². The standard InChI is InChI=1S/C13H22N4O/c1-12(18)17-8-3-13(4-9-17)15-5-2-7-16-10-6-14-11-16/h6,10-11,13,15H,2-5,7-9H2,1H3. The van der Waals surface area contributed by atoms with Crippen molar-refractivity contribution in [2.24, 2.45) is 0 Å². The Labute approximate surface area is 108 Å². The average Bonchev–Trinajstić information content (AvgIpc) is 2.88. The smallest absolute Gasteiger partial charge is 0.219 e. The minimum Gasteiger partial charge on any atom is -0.343 e. The average molecular weight is 250 g/mol. The summed E-state index contributed by atoms with van der Waals surface area (Å²) < 4.78 is 2.10. The molecule has 5 heteroatoms. The molecular weight excluding hydrogens is 228 g/mol. The van der Waals surface area contributed by atoms with E-state index in [9.17, 15) is 4.79 Å². The zero-order valence-electron chi connectivity index (χ0n) is 11.0. The lowest BCUT2D eigenvalue weighted by molar-refractivity contribution is -0.129. The summed E-state index contributed by atoms with van der Waals surface area (Å²) in [6.45, 7) is 5.49.